The van der Waals surface area contributed by atoms with Crippen molar-refractivity contribution in [1.82, 2.24) is 14.2 Å². The fourth-order valence-corrected chi connectivity index (χ4v) is 6.70. The predicted molar refractivity (Wildman–Crippen MR) is 113 cm³/mol. The van der Waals surface area contributed by atoms with Crippen LogP contribution in [-0.2, 0) is 21.4 Å². The summed E-state index contributed by atoms with van der Waals surface area (Å²) < 4.78 is 28.3. The van der Waals surface area contributed by atoms with Gasteiger partial charge in [0, 0.05) is 42.9 Å². The van der Waals surface area contributed by atoms with Crippen LogP contribution in [0.4, 0.5) is 0 Å². The lowest BCUT2D eigenvalue weighted by Crippen LogP contribution is -2.49. The molecule has 164 valence electrons. The number of carbonyl (C=O) groups excluding carboxylic acids is 1. The van der Waals surface area contributed by atoms with Gasteiger partial charge in [-0.3, -0.25) is 9.59 Å². The Morgan fingerprint density at radius 2 is 2.10 bits per heavy atom. The Labute approximate surface area is 176 Å². The van der Waals surface area contributed by atoms with Crippen LogP contribution in [0.15, 0.2) is 23.0 Å². The molecule has 8 nitrogen and oxygen atoms in total. The summed E-state index contributed by atoms with van der Waals surface area (Å²) in [6.07, 6.45) is 6.80. The molecule has 0 saturated carbocycles. The summed E-state index contributed by atoms with van der Waals surface area (Å²) in [5, 5.41) is 13.0. The van der Waals surface area contributed by atoms with Crippen molar-refractivity contribution in [1.29, 1.82) is 0 Å². The van der Waals surface area contributed by atoms with Gasteiger partial charge < -0.3 is 15.0 Å². The number of aliphatic hydroxyl groups excluding tert-OH is 1. The minimum atomic E-state index is -3.66. The standard InChI is InChI=1S/C21H29N3O5S/c1-3-10-22-20(26)18-15(12-25)17-11-23-16(19(18)24(17)30(2,28)29)9-8-14(21(23)27)13-6-4-5-7-13/h6,8-9,15,17-19,25H,3-5,7,10-12H2,1-2H3,(H,22,26)/t15-,17-,18+,19+/m0/s1. The Balaban J connectivity index is 1.86. The SMILES string of the molecule is CCCNC(=O)[C@@H]1[C@@H](CO)[C@@H]2Cn3c(ccc(C4=CCCC4)c3=O)[C@H]1N2S(C)(=O)=O. The molecular weight excluding hydrogens is 406 g/mol. The average Bonchev–Trinajstić information content (AvgIpc) is 3.31. The number of pyridine rings is 1. The zero-order valence-corrected chi connectivity index (χ0v) is 18.2. The first-order valence-electron chi connectivity index (χ1n) is 10.6. The summed E-state index contributed by atoms with van der Waals surface area (Å²) in [5.41, 5.74) is 2.06. The summed E-state index contributed by atoms with van der Waals surface area (Å²) in [6.45, 7) is 2.23. The lowest BCUT2D eigenvalue weighted by molar-refractivity contribution is -0.127. The normalized spacial score (nSPS) is 28.3. The predicted octanol–water partition coefficient (Wildman–Crippen LogP) is 0.865. The highest BCUT2D eigenvalue weighted by Crippen LogP contribution is 2.49. The van der Waals surface area contributed by atoms with Gasteiger partial charge >= 0.3 is 0 Å². The lowest BCUT2D eigenvalue weighted by atomic mass is 9.86. The summed E-state index contributed by atoms with van der Waals surface area (Å²) in [7, 11) is -3.66. The number of allylic oxidation sites excluding steroid dienone is 2. The maximum absolute atomic E-state index is 13.3. The second kappa shape index (κ2) is 7.94. The van der Waals surface area contributed by atoms with Gasteiger partial charge in [0.15, 0.2) is 0 Å². The zero-order valence-electron chi connectivity index (χ0n) is 17.4. The van der Waals surface area contributed by atoms with Crippen LogP contribution in [0.5, 0.6) is 0 Å². The number of amides is 1. The number of hydrogen-bond acceptors (Lipinski definition) is 5. The number of nitrogens with one attached hydrogen (secondary N) is 1. The van der Waals surface area contributed by atoms with E-state index in [1.165, 1.54) is 4.31 Å². The molecule has 9 heteroatoms. The largest absolute Gasteiger partial charge is 0.396 e. The molecule has 2 N–H and O–H groups in total. The van der Waals surface area contributed by atoms with E-state index in [1.54, 1.807) is 16.7 Å². The minimum absolute atomic E-state index is 0.141. The zero-order chi connectivity index (χ0) is 21.6. The molecule has 30 heavy (non-hydrogen) atoms. The van der Waals surface area contributed by atoms with Gasteiger partial charge in [0.25, 0.3) is 5.56 Å². The van der Waals surface area contributed by atoms with Gasteiger partial charge in [-0.1, -0.05) is 13.0 Å². The van der Waals surface area contributed by atoms with Crippen molar-refractivity contribution < 1.29 is 18.3 Å². The second-order valence-electron chi connectivity index (χ2n) is 8.48. The Bertz CT molecular complexity index is 1050. The summed E-state index contributed by atoms with van der Waals surface area (Å²) in [6, 6.07) is 2.12. The molecule has 1 fully saturated rings. The van der Waals surface area contributed by atoms with Crippen LogP contribution >= 0.6 is 0 Å². The average molecular weight is 436 g/mol. The van der Waals surface area contributed by atoms with Crippen molar-refractivity contribution in [2.75, 3.05) is 19.4 Å². The van der Waals surface area contributed by atoms with Gasteiger partial charge in [0.1, 0.15) is 0 Å². The molecule has 0 spiro atoms. The van der Waals surface area contributed by atoms with E-state index in [1.807, 2.05) is 6.92 Å². The summed E-state index contributed by atoms with van der Waals surface area (Å²) in [5.74, 6) is -1.60. The Morgan fingerprint density at radius 1 is 1.33 bits per heavy atom. The molecule has 3 heterocycles. The first-order valence-corrected chi connectivity index (χ1v) is 12.4. The van der Waals surface area contributed by atoms with Crippen LogP contribution in [0.25, 0.3) is 5.57 Å². The highest BCUT2D eigenvalue weighted by Gasteiger charge is 2.58. The molecule has 2 bridgehead atoms. The first kappa shape index (κ1) is 21.3. The van der Waals surface area contributed by atoms with E-state index in [9.17, 15) is 23.1 Å². The van der Waals surface area contributed by atoms with Gasteiger partial charge in [-0.05, 0) is 43.4 Å². The molecule has 0 radical (unpaired) electrons. The number of fused-ring (bicyclic) bond motifs is 4. The third kappa shape index (κ3) is 3.33. The fourth-order valence-electron chi connectivity index (χ4n) is 5.33. The molecule has 1 aromatic heterocycles. The Hall–Kier alpha value is -1.97. The Kier molecular flexibility index (Phi) is 5.63. The number of aromatic nitrogens is 1. The molecule has 0 unspecified atom stereocenters. The molecule has 4 atom stereocenters. The number of sulfonamides is 1. The number of nitrogens with zero attached hydrogens (tertiary/aromatic N) is 2. The number of hydrogen-bond donors (Lipinski definition) is 2. The maximum Gasteiger partial charge on any atom is 0.258 e. The van der Waals surface area contributed by atoms with Crippen LogP contribution in [0, 0.1) is 11.8 Å². The van der Waals surface area contributed by atoms with E-state index < -0.39 is 33.9 Å². The number of rotatable bonds is 6. The van der Waals surface area contributed by atoms with E-state index in [4.69, 9.17) is 0 Å². The van der Waals surface area contributed by atoms with E-state index in [0.717, 1.165) is 37.5 Å². The molecule has 4 rings (SSSR count). The lowest BCUT2D eigenvalue weighted by Gasteiger charge is -2.36. The number of carbonyl (C=O) groups is 1. The third-order valence-corrected chi connectivity index (χ3v) is 7.87. The molecular formula is C21H29N3O5S. The third-order valence-electron chi connectivity index (χ3n) is 6.61. The molecule has 3 aliphatic rings. The first-order chi connectivity index (χ1) is 14.3. The molecule has 1 amide bonds. The highest BCUT2D eigenvalue weighted by molar-refractivity contribution is 7.88. The van der Waals surface area contributed by atoms with Crippen LogP contribution < -0.4 is 10.9 Å². The molecule has 2 aliphatic heterocycles. The van der Waals surface area contributed by atoms with Gasteiger partial charge in [-0.25, -0.2) is 8.42 Å². The van der Waals surface area contributed by atoms with E-state index >= 15 is 0 Å². The molecule has 1 saturated heterocycles. The van der Waals surface area contributed by atoms with Crippen LogP contribution in [-0.4, -0.2) is 53.8 Å². The van der Waals surface area contributed by atoms with Gasteiger partial charge in [0.2, 0.25) is 15.9 Å². The second-order valence-corrected chi connectivity index (χ2v) is 10.4. The summed E-state index contributed by atoms with van der Waals surface area (Å²) in [4.78, 5) is 26.3. The van der Waals surface area contributed by atoms with Gasteiger partial charge in [-0.2, -0.15) is 4.31 Å². The van der Waals surface area contributed by atoms with Crippen molar-refractivity contribution in [3.63, 3.8) is 0 Å². The van der Waals surface area contributed by atoms with E-state index in [2.05, 4.69) is 11.4 Å². The molecule has 1 aliphatic carbocycles. The quantitative estimate of drug-likeness (QED) is 0.689. The van der Waals surface area contributed by atoms with Crippen LogP contribution in [0.3, 0.4) is 0 Å². The smallest absolute Gasteiger partial charge is 0.258 e. The van der Waals surface area contributed by atoms with Gasteiger partial charge in [-0.15, -0.1) is 0 Å². The van der Waals surface area contributed by atoms with Crippen molar-refractivity contribution in [3.8, 4) is 0 Å². The topological polar surface area (TPSA) is 109 Å². The van der Waals surface area contributed by atoms with E-state index in [0.29, 0.717) is 17.8 Å². The maximum atomic E-state index is 13.3. The van der Waals surface area contributed by atoms with Crippen molar-refractivity contribution in [2.45, 2.75) is 51.2 Å². The summed E-state index contributed by atoms with van der Waals surface area (Å²) >= 11 is 0. The highest BCUT2D eigenvalue weighted by atomic mass is 32.2. The molecule has 0 aromatic carbocycles. The monoisotopic (exact) mass is 435 g/mol. The van der Waals surface area contributed by atoms with Crippen LogP contribution in [0.1, 0.15) is 49.9 Å². The van der Waals surface area contributed by atoms with Crippen molar-refractivity contribution >= 4 is 21.5 Å². The van der Waals surface area contributed by atoms with Crippen molar-refractivity contribution in [3.05, 3.63) is 39.8 Å². The van der Waals surface area contributed by atoms with Crippen molar-refractivity contribution in [2.24, 2.45) is 11.8 Å². The Morgan fingerprint density at radius 3 is 2.70 bits per heavy atom. The fraction of sp³-hybridized carbons (Fsp3) is 0.619. The van der Waals surface area contributed by atoms with E-state index in [-0.39, 0.29) is 24.6 Å². The van der Waals surface area contributed by atoms with Crippen LogP contribution in [0.2, 0.25) is 0 Å². The minimum Gasteiger partial charge on any atom is -0.396 e. The number of aliphatic hydroxyl groups is 1. The molecule has 1 aromatic rings. The van der Waals surface area contributed by atoms with Gasteiger partial charge in [0.05, 0.1) is 18.2 Å².